The van der Waals surface area contributed by atoms with E-state index in [-0.39, 0.29) is 57.8 Å². The van der Waals surface area contributed by atoms with Gasteiger partial charge in [-0.15, -0.1) is 0 Å². The van der Waals surface area contributed by atoms with Crippen molar-refractivity contribution < 1.29 is 61.3 Å². The van der Waals surface area contributed by atoms with E-state index in [1.165, 1.54) is 25.7 Å². The van der Waals surface area contributed by atoms with Crippen LogP contribution in [0.2, 0.25) is 0 Å². The molecule has 4 heteroatoms. The van der Waals surface area contributed by atoms with Crippen molar-refractivity contribution in [1.82, 2.24) is 0 Å². The molecule has 1 rings (SSSR count). The molecule has 0 bridgehead atoms. The topological polar surface area (TPSA) is 40.1 Å². The van der Waals surface area contributed by atoms with Crippen LogP contribution in [0.25, 0.3) is 0 Å². The summed E-state index contributed by atoms with van der Waals surface area (Å²) in [6.07, 6.45) is 5.41. The molecule has 0 heterocycles. The molecule has 1 aliphatic carbocycles. The van der Waals surface area contributed by atoms with Gasteiger partial charge in [0, 0.05) is 11.2 Å². The van der Waals surface area contributed by atoms with E-state index in [1.54, 1.807) is 11.8 Å². The van der Waals surface area contributed by atoms with Gasteiger partial charge in [-0.25, -0.2) is 0 Å². The van der Waals surface area contributed by atoms with E-state index in [0.717, 1.165) is 11.0 Å². The zero-order chi connectivity index (χ0) is 8.10. The normalized spacial score (nSPS) is 17.3. The second-order valence-electron chi connectivity index (χ2n) is 2.90. The van der Waals surface area contributed by atoms with E-state index >= 15 is 0 Å². The van der Waals surface area contributed by atoms with Crippen molar-refractivity contribution in [2.24, 2.45) is 0 Å². The van der Waals surface area contributed by atoms with Gasteiger partial charge in [-0.05, 0) is 25.0 Å². The van der Waals surface area contributed by atoms with Crippen LogP contribution in [-0.2, 0) is 4.79 Å². The fourth-order valence-corrected chi connectivity index (χ4v) is 2.65. The van der Waals surface area contributed by atoms with E-state index in [2.05, 4.69) is 0 Å². The van der Waals surface area contributed by atoms with Crippen LogP contribution in [0.3, 0.4) is 0 Å². The van der Waals surface area contributed by atoms with Crippen molar-refractivity contribution in [2.75, 3.05) is 5.75 Å². The number of carbonyl (C=O) groups excluding carboxylic acids is 1. The van der Waals surface area contributed by atoms with Gasteiger partial charge in [0.05, 0.1) is 0 Å². The Balaban J connectivity index is 0.00000121. The first-order valence-electron chi connectivity index (χ1n) is 4.10. The van der Waals surface area contributed by atoms with Gasteiger partial charge < -0.3 is 9.90 Å². The maximum Gasteiger partial charge on any atom is 1.00 e. The fraction of sp³-hybridized carbons (Fsp3) is 0.875. The van der Waals surface area contributed by atoms with Gasteiger partial charge in [0.15, 0.2) is 0 Å². The van der Waals surface area contributed by atoms with Gasteiger partial charge in [-0.2, -0.15) is 11.8 Å². The molecule has 1 aliphatic rings. The average molecular weight is 212 g/mol. The summed E-state index contributed by atoms with van der Waals surface area (Å²) in [4.78, 5) is 10.0. The van der Waals surface area contributed by atoms with E-state index < -0.39 is 5.97 Å². The van der Waals surface area contributed by atoms with E-state index in [4.69, 9.17) is 0 Å². The van der Waals surface area contributed by atoms with Crippen LogP contribution in [0.15, 0.2) is 0 Å². The summed E-state index contributed by atoms with van der Waals surface area (Å²) < 4.78 is 0. The minimum Gasteiger partial charge on any atom is -0.550 e. The molecule has 0 aromatic carbocycles. The zero-order valence-corrected chi connectivity index (χ0v) is 11.5. The van der Waals surface area contributed by atoms with E-state index in [1.807, 2.05) is 0 Å². The van der Waals surface area contributed by atoms with Crippen molar-refractivity contribution in [3.8, 4) is 0 Å². The zero-order valence-electron chi connectivity index (χ0n) is 7.54. The van der Waals surface area contributed by atoms with Gasteiger partial charge in [0.2, 0.25) is 0 Å². The molecule has 2 nitrogen and oxygen atoms in total. The van der Waals surface area contributed by atoms with E-state index in [9.17, 15) is 9.90 Å². The Morgan fingerprint density at radius 2 is 2.00 bits per heavy atom. The standard InChI is InChI=1S/C8H14O2S.K/c9-8(10)5-6-11-7-3-1-2-4-7;/h7H,1-6H2,(H,9,10);/q;+1/p-1. The first-order chi connectivity index (χ1) is 5.29. The predicted molar refractivity (Wildman–Crippen MR) is 44.3 cm³/mol. The number of rotatable bonds is 4. The maximum atomic E-state index is 10.0. The molecule has 12 heavy (non-hydrogen) atoms. The summed E-state index contributed by atoms with van der Waals surface area (Å²) in [5.41, 5.74) is 0. The second kappa shape index (κ2) is 7.82. The number of aliphatic carboxylic acids is 1. The van der Waals surface area contributed by atoms with Crippen LogP contribution in [0.5, 0.6) is 0 Å². The van der Waals surface area contributed by atoms with E-state index in [0.29, 0.717) is 0 Å². The van der Waals surface area contributed by atoms with Crippen molar-refractivity contribution in [3.05, 3.63) is 0 Å². The Morgan fingerprint density at radius 1 is 1.42 bits per heavy atom. The Bertz CT molecular complexity index is 135. The quantitative estimate of drug-likeness (QED) is 0.497. The molecule has 0 aliphatic heterocycles. The molecule has 0 unspecified atom stereocenters. The van der Waals surface area contributed by atoms with Gasteiger partial charge >= 0.3 is 51.4 Å². The van der Waals surface area contributed by atoms with Gasteiger partial charge in [0.25, 0.3) is 0 Å². The molecule has 0 spiro atoms. The Labute approximate surface area is 120 Å². The van der Waals surface area contributed by atoms with Gasteiger partial charge in [-0.3, -0.25) is 0 Å². The molecule has 0 saturated heterocycles. The van der Waals surface area contributed by atoms with Gasteiger partial charge in [0.1, 0.15) is 0 Å². The van der Waals surface area contributed by atoms with Crippen molar-refractivity contribution in [3.63, 3.8) is 0 Å². The summed E-state index contributed by atoms with van der Waals surface area (Å²) in [6.45, 7) is 0. The molecular weight excluding hydrogens is 199 g/mol. The molecule has 0 aromatic heterocycles. The SMILES string of the molecule is O=C([O-])CCSC1CCCC1.[K+]. The smallest absolute Gasteiger partial charge is 0.550 e. The van der Waals surface area contributed by atoms with Crippen LogP contribution in [0.1, 0.15) is 32.1 Å². The Kier molecular flexibility index (Phi) is 8.77. The van der Waals surface area contributed by atoms with Crippen molar-refractivity contribution in [1.29, 1.82) is 0 Å². The molecule has 1 saturated carbocycles. The summed E-state index contributed by atoms with van der Waals surface area (Å²) in [7, 11) is 0. The van der Waals surface area contributed by atoms with Crippen LogP contribution in [0, 0.1) is 0 Å². The second-order valence-corrected chi connectivity index (χ2v) is 4.31. The van der Waals surface area contributed by atoms with Crippen molar-refractivity contribution >= 4 is 17.7 Å². The van der Waals surface area contributed by atoms with Crippen LogP contribution in [-0.4, -0.2) is 17.0 Å². The predicted octanol–water partition coefficient (Wildman–Crippen LogP) is -2.19. The molecule has 0 N–H and O–H groups in total. The summed E-state index contributed by atoms with van der Waals surface area (Å²) >= 11 is 1.79. The summed E-state index contributed by atoms with van der Waals surface area (Å²) in [5, 5.41) is 10.8. The fourth-order valence-electron chi connectivity index (χ4n) is 1.36. The largest absolute Gasteiger partial charge is 1.00 e. The summed E-state index contributed by atoms with van der Waals surface area (Å²) in [6, 6.07) is 0. The third-order valence-corrected chi connectivity index (χ3v) is 3.34. The molecule has 0 radical (unpaired) electrons. The number of hydrogen-bond acceptors (Lipinski definition) is 3. The van der Waals surface area contributed by atoms with Gasteiger partial charge in [-0.1, -0.05) is 12.8 Å². The molecule has 0 amide bonds. The molecule has 0 aromatic rings. The maximum absolute atomic E-state index is 10.0. The third kappa shape index (κ3) is 5.99. The Hall–Kier alpha value is 1.46. The molecule has 64 valence electrons. The number of carbonyl (C=O) groups is 1. The van der Waals surface area contributed by atoms with Crippen LogP contribution < -0.4 is 56.5 Å². The Morgan fingerprint density at radius 3 is 2.50 bits per heavy atom. The molecule has 1 fully saturated rings. The number of hydrogen-bond donors (Lipinski definition) is 0. The molecular formula is C8H13KO2S. The first kappa shape index (κ1) is 13.5. The van der Waals surface area contributed by atoms with Crippen LogP contribution in [0.4, 0.5) is 0 Å². The third-order valence-electron chi connectivity index (χ3n) is 1.96. The summed E-state index contributed by atoms with van der Waals surface area (Å²) in [5.74, 6) is -0.192. The molecule has 0 atom stereocenters. The average Bonchev–Trinajstić information content (AvgIpc) is 2.39. The number of carboxylic acid groups (broad SMARTS) is 1. The number of thioether (sulfide) groups is 1. The minimum absolute atomic E-state index is 0. The minimum atomic E-state index is -0.921. The number of carboxylic acids is 1. The first-order valence-corrected chi connectivity index (χ1v) is 5.15. The monoisotopic (exact) mass is 212 g/mol. The van der Waals surface area contributed by atoms with Crippen molar-refractivity contribution in [2.45, 2.75) is 37.4 Å². The van der Waals surface area contributed by atoms with Crippen LogP contribution >= 0.6 is 11.8 Å².